The SMILES string of the molecule is O=C(O)[C@H]1CCCN1C(=S)Nc1ccccc1. The van der Waals surface area contributed by atoms with Crippen molar-refractivity contribution in [3.63, 3.8) is 0 Å². The van der Waals surface area contributed by atoms with E-state index in [0.29, 0.717) is 18.1 Å². The van der Waals surface area contributed by atoms with Crippen LogP contribution in [0.5, 0.6) is 0 Å². The quantitative estimate of drug-likeness (QED) is 0.786. The Morgan fingerprint density at radius 1 is 1.41 bits per heavy atom. The van der Waals surface area contributed by atoms with E-state index in [1.165, 1.54) is 0 Å². The molecule has 2 N–H and O–H groups in total. The number of rotatable bonds is 2. The molecule has 0 saturated carbocycles. The van der Waals surface area contributed by atoms with Crippen molar-refractivity contribution < 1.29 is 9.90 Å². The fourth-order valence-electron chi connectivity index (χ4n) is 1.98. The molecule has 0 radical (unpaired) electrons. The number of thiocarbonyl (C=S) groups is 1. The molecule has 5 heteroatoms. The summed E-state index contributed by atoms with van der Waals surface area (Å²) in [6.45, 7) is 0.704. The summed E-state index contributed by atoms with van der Waals surface area (Å²) in [5.41, 5.74) is 0.883. The molecule has 1 aliphatic heterocycles. The predicted octanol–water partition coefficient (Wildman–Crippen LogP) is 1.93. The Labute approximate surface area is 105 Å². The zero-order chi connectivity index (χ0) is 12.3. The van der Waals surface area contributed by atoms with Crippen LogP contribution >= 0.6 is 12.2 Å². The van der Waals surface area contributed by atoms with Crippen molar-refractivity contribution >= 4 is 29.0 Å². The first-order valence-corrected chi connectivity index (χ1v) is 5.95. The van der Waals surface area contributed by atoms with E-state index in [1.807, 2.05) is 30.3 Å². The Bertz CT molecular complexity index is 422. The van der Waals surface area contributed by atoms with Crippen molar-refractivity contribution in [3.8, 4) is 0 Å². The van der Waals surface area contributed by atoms with Crippen LogP contribution in [0.1, 0.15) is 12.8 Å². The standard InChI is InChI=1S/C12H14N2O2S/c15-11(16)10-7-4-8-14(10)12(17)13-9-5-2-1-3-6-9/h1-3,5-6,10H,4,7-8H2,(H,13,17)(H,15,16)/t10-/m1/s1. The Morgan fingerprint density at radius 2 is 2.12 bits per heavy atom. The summed E-state index contributed by atoms with van der Waals surface area (Å²) in [7, 11) is 0. The maximum Gasteiger partial charge on any atom is 0.326 e. The van der Waals surface area contributed by atoms with Gasteiger partial charge in [0.2, 0.25) is 0 Å². The number of nitrogens with zero attached hydrogens (tertiary/aromatic N) is 1. The third-order valence-electron chi connectivity index (χ3n) is 2.82. The minimum Gasteiger partial charge on any atom is -0.480 e. The molecule has 0 bridgehead atoms. The van der Waals surface area contributed by atoms with Gasteiger partial charge in [0.25, 0.3) is 0 Å². The third kappa shape index (κ3) is 2.74. The fourth-order valence-corrected chi connectivity index (χ4v) is 2.32. The fraction of sp³-hybridized carbons (Fsp3) is 0.333. The zero-order valence-corrected chi connectivity index (χ0v) is 10.1. The Kier molecular flexibility index (Phi) is 3.58. The second kappa shape index (κ2) is 5.14. The van der Waals surface area contributed by atoms with Gasteiger partial charge in [-0.05, 0) is 37.2 Å². The summed E-state index contributed by atoms with van der Waals surface area (Å²) in [5, 5.41) is 12.6. The van der Waals surface area contributed by atoms with Gasteiger partial charge in [-0.25, -0.2) is 4.79 Å². The number of nitrogens with one attached hydrogen (secondary N) is 1. The summed E-state index contributed by atoms with van der Waals surface area (Å²) in [6, 6.07) is 9.05. The number of anilines is 1. The number of hydrogen-bond acceptors (Lipinski definition) is 2. The minimum atomic E-state index is -0.806. The molecular weight excluding hydrogens is 236 g/mol. The van der Waals surface area contributed by atoms with Gasteiger partial charge in [0.1, 0.15) is 6.04 Å². The van der Waals surface area contributed by atoms with Crippen LogP contribution in [0.25, 0.3) is 0 Å². The second-order valence-corrected chi connectivity index (χ2v) is 4.37. The lowest BCUT2D eigenvalue weighted by Gasteiger charge is -2.24. The van der Waals surface area contributed by atoms with Gasteiger partial charge in [0.15, 0.2) is 5.11 Å². The molecule has 90 valence electrons. The first kappa shape index (κ1) is 11.9. The topological polar surface area (TPSA) is 52.6 Å². The van der Waals surface area contributed by atoms with Gasteiger partial charge < -0.3 is 15.3 Å². The summed E-state index contributed by atoms with van der Waals surface area (Å²) in [6.07, 6.45) is 1.53. The summed E-state index contributed by atoms with van der Waals surface area (Å²) in [5.74, 6) is -0.806. The Hall–Kier alpha value is -1.62. The molecular formula is C12H14N2O2S. The second-order valence-electron chi connectivity index (χ2n) is 3.99. The monoisotopic (exact) mass is 250 g/mol. The van der Waals surface area contributed by atoms with Crippen LogP contribution in [0.3, 0.4) is 0 Å². The summed E-state index contributed by atoms with van der Waals surface area (Å²) in [4.78, 5) is 12.8. The molecule has 1 aromatic rings. The lowest BCUT2D eigenvalue weighted by Crippen LogP contribution is -2.42. The van der Waals surface area contributed by atoms with Gasteiger partial charge in [-0.2, -0.15) is 0 Å². The van der Waals surface area contributed by atoms with Crippen molar-refractivity contribution in [2.24, 2.45) is 0 Å². The highest BCUT2D eigenvalue weighted by atomic mass is 32.1. The van der Waals surface area contributed by atoms with E-state index < -0.39 is 12.0 Å². The molecule has 0 aromatic heterocycles. The molecule has 1 saturated heterocycles. The number of carboxylic acid groups (broad SMARTS) is 1. The first-order valence-electron chi connectivity index (χ1n) is 5.54. The number of carbonyl (C=O) groups is 1. The number of benzene rings is 1. The van der Waals surface area contributed by atoms with E-state index in [1.54, 1.807) is 4.90 Å². The Morgan fingerprint density at radius 3 is 2.76 bits per heavy atom. The van der Waals surface area contributed by atoms with Crippen LogP contribution < -0.4 is 5.32 Å². The third-order valence-corrected chi connectivity index (χ3v) is 3.16. The van der Waals surface area contributed by atoms with Crippen molar-refractivity contribution in [3.05, 3.63) is 30.3 Å². The van der Waals surface area contributed by atoms with Crippen LogP contribution in [0.4, 0.5) is 5.69 Å². The van der Waals surface area contributed by atoms with E-state index in [-0.39, 0.29) is 0 Å². The molecule has 1 atom stereocenters. The highest BCUT2D eigenvalue weighted by Gasteiger charge is 2.31. The molecule has 1 aliphatic rings. The van der Waals surface area contributed by atoms with Crippen molar-refractivity contribution in [1.82, 2.24) is 4.90 Å². The predicted molar refractivity (Wildman–Crippen MR) is 70.0 cm³/mol. The molecule has 1 heterocycles. The molecule has 0 spiro atoms. The van der Waals surface area contributed by atoms with Crippen LogP contribution in [0, 0.1) is 0 Å². The van der Waals surface area contributed by atoms with Crippen molar-refractivity contribution in [2.75, 3.05) is 11.9 Å². The molecule has 0 unspecified atom stereocenters. The van der Waals surface area contributed by atoms with Gasteiger partial charge in [-0.1, -0.05) is 18.2 Å². The van der Waals surface area contributed by atoms with Crippen LogP contribution in [-0.2, 0) is 4.79 Å². The Balaban J connectivity index is 2.03. The molecule has 1 fully saturated rings. The number of aliphatic carboxylic acids is 1. The molecule has 4 nitrogen and oxygen atoms in total. The first-order chi connectivity index (χ1) is 8.18. The minimum absolute atomic E-state index is 0.487. The number of hydrogen-bond donors (Lipinski definition) is 2. The number of para-hydroxylation sites is 1. The van der Waals surface area contributed by atoms with Crippen molar-refractivity contribution in [2.45, 2.75) is 18.9 Å². The summed E-state index contributed by atoms with van der Waals surface area (Å²) < 4.78 is 0. The molecule has 0 aliphatic carbocycles. The van der Waals surface area contributed by atoms with E-state index in [4.69, 9.17) is 17.3 Å². The molecule has 17 heavy (non-hydrogen) atoms. The lowest BCUT2D eigenvalue weighted by atomic mass is 10.2. The van der Waals surface area contributed by atoms with Gasteiger partial charge >= 0.3 is 5.97 Å². The maximum atomic E-state index is 11.0. The van der Waals surface area contributed by atoms with E-state index in [0.717, 1.165) is 12.1 Å². The van der Waals surface area contributed by atoms with Crippen LogP contribution in [0.15, 0.2) is 30.3 Å². The molecule has 0 amide bonds. The average Bonchev–Trinajstić information content (AvgIpc) is 2.79. The van der Waals surface area contributed by atoms with Gasteiger partial charge in [-0.3, -0.25) is 0 Å². The van der Waals surface area contributed by atoms with Gasteiger partial charge in [-0.15, -0.1) is 0 Å². The van der Waals surface area contributed by atoms with Crippen molar-refractivity contribution in [1.29, 1.82) is 0 Å². The molecule has 2 rings (SSSR count). The number of likely N-dealkylation sites (tertiary alicyclic amines) is 1. The molecule has 1 aromatic carbocycles. The zero-order valence-electron chi connectivity index (χ0n) is 9.30. The maximum absolute atomic E-state index is 11.0. The highest BCUT2D eigenvalue weighted by Crippen LogP contribution is 2.19. The number of carboxylic acids is 1. The normalized spacial score (nSPS) is 19.1. The summed E-state index contributed by atoms with van der Waals surface area (Å²) >= 11 is 5.24. The largest absolute Gasteiger partial charge is 0.480 e. The lowest BCUT2D eigenvalue weighted by molar-refractivity contribution is -0.140. The van der Waals surface area contributed by atoms with E-state index >= 15 is 0 Å². The van der Waals surface area contributed by atoms with Gasteiger partial charge in [0.05, 0.1) is 0 Å². The van der Waals surface area contributed by atoms with E-state index in [2.05, 4.69) is 5.32 Å². The highest BCUT2D eigenvalue weighted by molar-refractivity contribution is 7.80. The van der Waals surface area contributed by atoms with Gasteiger partial charge in [0, 0.05) is 12.2 Å². The average molecular weight is 250 g/mol. The van der Waals surface area contributed by atoms with Crippen LogP contribution in [0.2, 0.25) is 0 Å². The van der Waals surface area contributed by atoms with Crippen LogP contribution in [-0.4, -0.2) is 33.7 Å². The van der Waals surface area contributed by atoms with E-state index in [9.17, 15) is 4.79 Å². The smallest absolute Gasteiger partial charge is 0.326 e.